The Morgan fingerprint density at radius 1 is 0.700 bits per heavy atom. The fourth-order valence-corrected chi connectivity index (χ4v) is 5.22. The number of hydrogen-bond donors (Lipinski definition) is 2. The Labute approximate surface area is 181 Å². The van der Waals surface area contributed by atoms with Gasteiger partial charge in [0.1, 0.15) is 0 Å². The molecule has 0 radical (unpaired) electrons. The van der Waals surface area contributed by atoms with Gasteiger partial charge >= 0.3 is 14.9 Å². The van der Waals surface area contributed by atoms with Crippen LogP contribution in [0.15, 0.2) is 0 Å². The molecule has 11 heteroatoms. The molecule has 0 aliphatic carbocycles. The molecule has 0 atom stereocenters. The number of rotatable bonds is 23. The van der Waals surface area contributed by atoms with E-state index in [1.165, 1.54) is 0 Å². The van der Waals surface area contributed by atoms with Crippen molar-refractivity contribution in [1.82, 2.24) is 5.32 Å². The van der Waals surface area contributed by atoms with Crippen LogP contribution in [0.3, 0.4) is 0 Å². The molecule has 10 nitrogen and oxygen atoms in total. The molecule has 0 aromatic rings. The van der Waals surface area contributed by atoms with Crippen molar-refractivity contribution in [2.24, 2.45) is 0 Å². The van der Waals surface area contributed by atoms with Gasteiger partial charge in [0.15, 0.2) is 0 Å². The van der Waals surface area contributed by atoms with Crippen molar-refractivity contribution in [1.29, 1.82) is 0 Å². The third-order valence-electron chi connectivity index (χ3n) is 3.75. The first-order valence-corrected chi connectivity index (χ1v) is 12.7. The summed E-state index contributed by atoms with van der Waals surface area (Å²) in [4.78, 5) is 10.2. The van der Waals surface area contributed by atoms with E-state index in [4.69, 9.17) is 37.3 Å². The van der Waals surface area contributed by atoms with Gasteiger partial charge in [0.25, 0.3) is 0 Å². The highest BCUT2D eigenvalue weighted by Gasteiger charge is 2.39. The van der Waals surface area contributed by atoms with Gasteiger partial charge in [-0.2, -0.15) is 0 Å². The predicted molar refractivity (Wildman–Crippen MR) is 114 cm³/mol. The Hall–Kier alpha value is -0.793. The van der Waals surface area contributed by atoms with E-state index < -0.39 is 14.9 Å². The van der Waals surface area contributed by atoms with E-state index in [-0.39, 0.29) is 6.54 Å². The highest BCUT2D eigenvalue weighted by atomic mass is 28.4. The molecule has 2 N–H and O–H groups in total. The molecular formula is C19H41NO9Si. The van der Waals surface area contributed by atoms with E-state index in [9.17, 15) is 4.79 Å². The zero-order valence-corrected chi connectivity index (χ0v) is 19.8. The second-order valence-electron chi connectivity index (χ2n) is 6.12. The first-order chi connectivity index (χ1) is 14.6. The van der Waals surface area contributed by atoms with Crippen LogP contribution in [0.25, 0.3) is 0 Å². The van der Waals surface area contributed by atoms with Gasteiger partial charge in [-0.3, -0.25) is 0 Å². The van der Waals surface area contributed by atoms with Gasteiger partial charge in [0, 0.05) is 39.0 Å². The molecule has 0 saturated heterocycles. The van der Waals surface area contributed by atoms with Gasteiger partial charge in [-0.1, -0.05) is 0 Å². The molecule has 0 spiro atoms. The van der Waals surface area contributed by atoms with E-state index in [1.54, 1.807) is 0 Å². The average Bonchev–Trinajstić information content (AvgIpc) is 2.70. The van der Waals surface area contributed by atoms with Crippen molar-refractivity contribution in [3.05, 3.63) is 0 Å². The van der Waals surface area contributed by atoms with Gasteiger partial charge in [-0.25, -0.2) is 4.79 Å². The maximum Gasteiger partial charge on any atom is 0.500 e. The smallest absolute Gasteiger partial charge is 0.465 e. The lowest BCUT2D eigenvalue weighted by Gasteiger charge is -2.28. The van der Waals surface area contributed by atoms with E-state index in [1.807, 2.05) is 20.8 Å². The average molecular weight is 456 g/mol. The van der Waals surface area contributed by atoms with Crippen LogP contribution in [0, 0.1) is 0 Å². The van der Waals surface area contributed by atoms with Crippen LogP contribution in [-0.2, 0) is 32.2 Å². The number of unbranched alkanes of at least 4 members (excludes halogenated alkanes) is 1. The van der Waals surface area contributed by atoms with Crippen molar-refractivity contribution in [2.45, 2.75) is 39.7 Å². The zero-order valence-electron chi connectivity index (χ0n) is 18.8. The molecule has 0 fully saturated rings. The number of carbonyl (C=O) groups is 1. The summed E-state index contributed by atoms with van der Waals surface area (Å²) >= 11 is 0. The molecule has 0 bridgehead atoms. The Morgan fingerprint density at radius 3 is 1.57 bits per heavy atom. The lowest BCUT2D eigenvalue weighted by molar-refractivity contribution is -0.00177. The molecule has 0 aliphatic rings. The van der Waals surface area contributed by atoms with Gasteiger partial charge < -0.3 is 42.6 Å². The van der Waals surface area contributed by atoms with Crippen molar-refractivity contribution in [3.8, 4) is 0 Å². The Balaban J connectivity index is 3.44. The predicted octanol–water partition coefficient (Wildman–Crippen LogP) is 2.15. The molecule has 0 aromatic heterocycles. The summed E-state index contributed by atoms with van der Waals surface area (Å²) in [6.45, 7) is 11.9. The van der Waals surface area contributed by atoms with Crippen molar-refractivity contribution in [2.75, 3.05) is 79.2 Å². The summed E-state index contributed by atoms with van der Waals surface area (Å²) in [6.07, 6.45) is 0.812. The van der Waals surface area contributed by atoms with Crippen molar-refractivity contribution in [3.63, 3.8) is 0 Å². The lowest BCUT2D eigenvalue weighted by atomic mass is 10.4. The third-order valence-corrected chi connectivity index (χ3v) is 6.90. The molecule has 0 rings (SSSR count). The minimum atomic E-state index is -2.54. The van der Waals surface area contributed by atoms with Gasteiger partial charge in [-0.05, 0) is 33.6 Å². The standard InChI is InChI=1S/C19H41NO9Si/c1-4-27-30(28-5-2,29-6-3)18-8-7-10-23-12-14-25-16-17-26-15-13-24-11-9-20-19(21)22/h20H,4-18H2,1-3H3,(H,21,22). The topological polar surface area (TPSA) is 114 Å². The van der Waals surface area contributed by atoms with Crippen LogP contribution in [0.5, 0.6) is 0 Å². The second kappa shape index (κ2) is 21.4. The van der Waals surface area contributed by atoms with Gasteiger partial charge in [0.2, 0.25) is 0 Å². The molecule has 1 amide bonds. The highest BCUT2D eigenvalue weighted by molar-refractivity contribution is 6.60. The first-order valence-electron chi connectivity index (χ1n) is 10.8. The number of hydrogen-bond acceptors (Lipinski definition) is 8. The quantitative estimate of drug-likeness (QED) is 0.177. The van der Waals surface area contributed by atoms with E-state index in [2.05, 4.69) is 5.32 Å². The van der Waals surface area contributed by atoms with Gasteiger partial charge in [-0.15, -0.1) is 0 Å². The van der Waals surface area contributed by atoms with Crippen LogP contribution in [0.4, 0.5) is 4.79 Å². The number of amides is 1. The van der Waals surface area contributed by atoms with Crippen LogP contribution in [0.1, 0.15) is 33.6 Å². The molecule has 0 aliphatic heterocycles. The summed E-state index contributed by atoms with van der Waals surface area (Å²) < 4.78 is 39.1. The van der Waals surface area contributed by atoms with Crippen LogP contribution in [0.2, 0.25) is 6.04 Å². The normalized spacial score (nSPS) is 11.7. The first kappa shape index (κ1) is 29.2. The summed E-state index contributed by atoms with van der Waals surface area (Å²) in [5, 5.41) is 10.6. The minimum Gasteiger partial charge on any atom is -0.465 e. The second-order valence-corrected chi connectivity index (χ2v) is 8.85. The van der Waals surface area contributed by atoms with Crippen LogP contribution < -0.4 is 5.32 Å². The summed E-state index contributed by atoms with van der Waals surface area (Å²) in [6, 6.07) is 0.805. The SMILES string of the molecule is CCO[Si](CCCCOCCOCCOCCOCCNC(=O)O)(OCC)OCC. The monoisotopic (exact) mass is 455 g/mol. The summed E-state index contributed by atoms with van der Waals surface area (Å²) in [7, 11) is -2.54. The molecular weight excluding hydrogens is 414 g/mol. The van der Waals surface area contributed by atoms with Crippen molar-refractivity contribution >= 4 is 14.9 Å². The maximum atomic E-state index is 10.2. The molecule has 0 aromatic carbocycles. The van der Waals surface area contributed by atoms with Gasteiger partial charge in [0.05, 0.1) is 46.2 Å². The molecule has 0 heterocycles. The van der Waals surface area contributed by atoms with Crippen LogP contribution in [-0.4, -0.2) is 99.2 Å². The fraction of sp³-hybridized carbons (Fsp3) is 0.947. The molecule has 180 valence electrons. The maximum absolute atomic E-state index is 10.2. The molecule has 0 saturated carbocycles. The number of carboxylic acid groups (broad SMARTS) is 1. The van der Waals surface area contributed by atoms with Crippen LogP contribution >= 0.6 is 0 Å². The zero-order chi connectivity index (χ0) is 22.3. The highest BCUT2D eigenvalue weighted by Crippen LogP contribution is 2.19. The van der Waals surface area contributed by atoms with E-state index in [0.717, 1.165) is 18.9 Å². The summed E-state index contributed by atoms with van der Waals surface area (Å²) in [5.41, 5.74) is 0. The molecule has 0 unspecified atom stereocenters. The van der Waals surface area contributed by atoms with Crippen molar-refractivity contribution < 1.29 is 42.1 Å². The Kier molecular flexibility index (Phi) is 20.9. The Morgan fingerprint density at radius 2 is 1.13 bits per heavy atom. The number of nitrogens with one attached hydrogen (secondary N) is 1. The fourth-order valence-electron chi connectivity index (χ4n) is 2.54. The molecule has 30 heavy (non-hydrogen) atoms. The van der Waals surface area contributed by atoms with E-state index in [0.29, 0.717) is 72.7 Å². The summed E-state index contributed by atoms with van der Waals surface area (Å²) in [5.74, 6) is 0. The largest absolute Gasteiger partial charge is 0.500 e. The third kappa shape index (κ3) is 18.0. The van der Waals surface area contributed by atoms with E-state index >= 15 is 0 Å². The Bertz CT molecular complexity index is 374. The minimum absolute atomic E-state index is 0.271. The lowest BCUT2D eigenvalue weighted by Crippen LogP contribution is -2.45. The number of ether oxygens (including phenoxy) is 4.